The second-order valence-electron chi connectivity index (χ2n) is 5.49. The van der Waals surface area contributed by atoms with Gasteiger partial charge in [0.25, 0.3) is 0 Å². The number of aromatic nitrogens is 3. The van der Waals surface area contributed by atoms with Crippen LogP contribution >= 0.6 is 11.3 Å². The van der Waals surface area contributed by atoms with Gasteiger partial charge in [0.05, 0.1) is 10.2 Å². The zero-order valence-corrected chi connectivity index (χ0v) is 13.3. The van der Waals surface area contributed by atoms with Crippen LogP contribution in [0, 0.1) is 6.92 Å². The second-order valence-corrected chi connectivity index (χ2v) is 6.50. The highest BCUT2D eigenvalue weighted by molar-refractivity contribution is 7.22. The van der Waals surface area contributed by atoms with Crippen LogP contribution in [0.25, 0.3) is 10.2 Å². The van der Waals surface area contributed by atoms with Crippen molar-refractivity contribution in [2.45, 2.75) is 6.92 Å². The summed E-state index contributed by atoms with van der Waals surface area (Å²) in [6.45, 7) is 5.89. The first kappa shape index (κ1) is 13.5. The quantitative estimate of drug-likeness (QED) is 0.728. The van der Waals surface area contributed by atoms with Crippen LogP contribution in [-0.2, 0) is 0 Å². The van der Waals surface area contributed by atoms with Crippen LogP contribution in [0.2, 0.25) is 0 Å². The van der Waals surface area contributed by atoms with Crippen LogP contribution in [-0.4, -0.2) is 41.1 Å². The number of benzene rings is 1. The fraction of sp³-hybridized carbons (Fsp3) is 0.312. The molecule has 112 valence electrons. The van der Waals surface area contributed by atoms with E-state index in [0.29, 0.717) is 0 Å². The highest BCUT2D eigenvalue weighted by Crippen LogP contribution is 2.30. The molecule has 0 spiro atoms. The molecule has 0 atom stereocenters. The van der Waals surface area contributed by atoms with E-state index in [1.165, 1.54) is 10.3 Å². The Balaban J connectivity index is 1.50. The van der Waals surface area contributed by atoms with Crippen molar-refractivity contribution >= 4 is 32.6 Å². The highest BCUT2D eigenvalue weighted by atomic mass is 32.1. The SMILES string of the molecule is Cc1ccc2nc(N3CCN(c4ncccn4)CC3)sc2c1. The molecule has 0 unspecified atom stereocenters. The summed E-state index contributed by atoms with van der Waals surface area (Å²) in [7, 11) is 0. The minimum Gasteiger partial charge on any atom is -0.345 e. The van der Waals surface area contributed by atoms with Gasteiger partial charge in [0.15, 0.2) is 5.13 Å². The van der Waals surface area contributed by atoms with E-state index >= 15 is 0 Å². The summed E-state index contributed by atoms with van der Waals surface area (Å²) >= 11 is 1.78. The maximum atomic E-state index is 4.77. The molecule has 1 aromatic carbocycles. The summed E-state index contributed by atoms with van der Waals surface area (Å²) in [4.78, 5) is 18.0. The average molecular weight is 311 g/mol. The Labute approximate surface area is 133 Å². The Kier molecular flexibility index (Phi) is 3.38. The number of aryl methyl sites for hydroxylation is 1. The summed E-state index contributed by atoms with van der Waals surface area (Å²) < 4.78 is 1.27. The van der Waals surface area contributed by atoms with Crippen molar-refractivity contribution in [3.05, 3.63) is 42.2 Å². The number of piperazine rings is 1. The lowest BCUT2D eigenvalue weighted by atomic mass is 10.2. The molecule has 4 rings (SSSR count). The van der Waals surface area contributed by atoms with E-state index < -0.39 is 0 Å². The van der Waals surface area contributed by atoms with Gasteiger partial charge < -0.3 is 9.80 Å². The Morgan fingerprint density at radius 3 is 2.50 bits per heavy atom. The molecule has 0 radical (unpaired) electrons. The number of fused-ring (bicyclic) bond motifs is 1. The molecule has 0 saturated carbocycles. The maximum Gasteiger partial charge on any atom is 0.225 e. The van der Waals surface area contributed by atoms with Crippen LogP contribution in [0.4, 0.5) is 11.1 Å². The van der Waals surface area contributed by atoms with Crippen LogP contribution in [0.5, 0.6) is 0 Å². The lowest BCUT2D eigenvalue weighted by Crippen LogP contribution is -2.47. The van der Waals surface area contributed by atoms with Gasteiger partial charge >= 0.3 is 0 Å². The smallest absolute Gasteiger partial charge is 0.225 e. The van der Waals surface area contributed by atoms with Crippen molar-refractivity contribution in [1.82, 2.24) is 15.0 Å². The summed E-state index contributed by atoms with van der Waals surface area (Å²) in [5.41, 5.74) is 2.38. The first-order chi connectivity index (χ1) is 10.8. The molecule has 6 heteroatoms. The van der Waals surface area contributed by atoms with Gasteiger partial charge in [0, 0.05) is 38.6 Å². The fourth-order valence-electron chi connectivity index (χ4n) is 2.71. The first-order valence-electron chi connectivity index (χ1n) is 7.44. The van der Waals surface area contributed by atoms with Crippen LogP contribution in [0.1, 0.15) is 5.56 Å². The Morgan fingerprint density at radius 2 is 1.73 bits per heavy atom. The molecule has 1 aliphatic heterocycles. The fourth-order valence-corrected chi connectivity index (χ4v) is 3.82. The van der Waals surface area contributed by atoms with Crippen LogP contribution < -0.4 is 9.80 Å². The maximum absolute atomic E-state index is 4.77. The molecule has 0 amide bonds. The predicted molar refractivity (Wildman–Crippen MR) is 90.8 cm³/mol. The number of hydrogen-bond donors (Lipinski definition) is 0. The third-order valence-electron chi connectivity index (χ3n) is 3.92. The number of hydrogen-bond acceptors (Lipinski definition) is 6. The van der Waals surface area contributed by atoms with Gasteiger partial charge in [-0.3, -0.25) is 0 Å². The van der Waals surface area contributed by atoms with Gasteiger partial charge in [0.2, 0.25) is 5.95 Å². The predicted octanol–water partition coefficient (Wildman–Crippen LogP) is 2.72. The lowest BCUT2D eigenvalue weighted by Gasteiger charge is -2.34. The summed E-state index contributed by atoms with van der Waals surface area (Å²) in [6.07, 6.45) is 3.59. The molecule has 0 aliphatic carbocycles. The standard InChI is InChI=1S/C16H17N5S/c1-12-3-4-13-14(11-12)22-16(19-13)21-9-7-20(8-10-21)15-17-5-2-6-18-15/h2-6,11H,7-10H2,1H3. The number of rotatable bonds is 2. The Hall–Kier alpha value is -2.21. The van der Waals surface area contributed by atoms with Gasteiger partial charge in [0.1, 0.15) is 0 Å². The normalized spacial score (nSPS) is 15.5. The van der Waals surface area contributed by atoms with Crippen LogP contribution in [0.15, 0.2) is 36.7 Å². The van der Waals surface area contributed by atoms with Crippen molar-refractivity contribution in [2.24, 2.45) is 0 Å². The second kappa shape index (κ2) is 5.53. The van der Waals surface area contributed by atoms with Crippen molar-refractivity contribution in [2.75, 3.05) is 36.0 Å². The molecule has 1 saturated heterocycles. The van der Waals surface area contributed by atoms with Gasteiger partial charge in [-0.15, -0.1) is 0 Å². The van der Waals surface area contributed by atoms with Gasteiger partial charge in [-0.1, -0.05) is 17.4 Å². The van der Waals surface area contributed by atoms with Gasteiger partial charge in [-0.25, -0.2) is 15.0 Å². The summed E-state index contributed by atoms with van der Waals surface area (Å²) in [5, 5.41) is 1.12. The van der Waals surface area contributed by atoms with E-state index in [0.717, 1.165) is 42.8 Å². The number of nitrogens with zero attached hydrogens (tertiary/aromatic N) is 5. The Bertz CT molecular complexity index is 778. The third-order valence-corrected chi connectivity index (χ3v) is 5.00. The van der Waals surface area contributed by atoms with E-state index in [9.17, 15) is 0 Å². The molecule has 1 aliphatic rings. The molecule has 1 fully saturated rings. The van der Waals surface area contributed by atoms with Crippen molar-refractivity contribution in [3.63, 3.8) is 0 Å². The highest BCUT2D eigenvalue weighted by Gasteiger charge is 2.21. The first-order valence-corrected chi connectivity index (χ1v) is 8.25. The molecule has 3 heterocycles. The zero-order chi connectivity index (χ0) is 14.9. The van der Waals surface area contributed by atoms with E-state index in [4.69, 9.17) is 4.98 Å². The molecule has 3 aromatic rings. The van der Waals surface area contributed by atoms with E-state index in [-0.39, 0.29) is 0 Å². The molecule has 22 heavy (non-hydrogen) atoms. The number of thiazole rings is 1. The monoisotopic (exact) mass is 311 g/mol. The molecule has 5 nitrogen and oxygen atoms in total. The van der Waals surface area contributed by atoms with Crippen molar-refractivity contribution in [1.29, 1.82) is 0 Å². The minimum absolute atomic E-state index is 0.821. The third kappa shape index (κ3) is 2.50. The topological polar surface area (TPSA) is 45.2 Å². The lowest BCUT2D eigenvalue weighted by molar-refractivity contribution is 0.639. The van der Waals surface area contributed by atoms with Crippen molar-refractivity contribution in [3.8, 4) is 0 Å². The molecular formula is C16H17N5S. The Morgan fingerprint density at radius 1 is 1.00 bits per heavy atom. The van der Waals surface area contributed by atoms with E-state index in [2.05, 4.69) is 44.9 Å². The van der Waals surface area contributed by atoms with Crippen molar-refractivity contribution < 1.29 is 0 Å². The largest absolute Gasteiger partial charge is 0.345 e. The molecule has 0 bridgehead atoms. The molecule has 2 aromatic heterocycles. The van der Waals surface area contributed by atoms with Gasteiger partial charge in [-0.05, 0) is 30.7 Å². The van der Waals surface area contributed by atoms with E-state index in [1.54, 1.807) is 23.7 Å². The zero-order valence-electron chi connectivity index (χ0n) is 12.4. The average Bonchev–Trinajstić information content (AvgIpc) is 2.99. The van der Waals surface area contributed by atoms with Gasteiger partial charge in [-0.2, -0.15) is 0 Å². The summed E-state index contributed by atoms with van der Waals surface area (Å²) in [6, 6.07) is 8.29. The summed E-state index contributed by atoms with van der Waals surface area (Å²) in [5.74, 6) is 0.821. The molecular weight excluding hydrogens is 294 g/mol. The molecule has 0 N–H and O–H groups in total. The number of anilines is 2. The van der Waals surface area contributed by atoms with E-state index in [1.807, 2.05) is 6.07 Å². The minimum atomic E-state index is 0.821. The van der Waals surface area contributed by atoms with Crippen LogP contribution in [0.3, 0.4) is 0 Å².